The number of carbonyl (C=O) groups excluding carboxylic acids is 1. The third-order valence-corrected chi connectivity index (χ3v) is 2.00. The number of hydrogen-bond acceptors (Lipinski definition) is 1. The maximum atomic E-state index is 10.5. The molecule has 0 aromatic carbocycles. The Hall–Kier alpha value is -1.37. The summed E-state index contributed by atoms with van der Waals surface area (Å²) >= 11 is 0. The topological polar surface area (TPSA) is 17.1 Å². The predicted octanol–water partition coefficient (Wildman–Crippen LogP) is 1.94. The number of allylic oxidation sites excluding steroid dienone is 8. The molecule has 2 rings (SSSR count). The fourth-order valence-corrected chi connectivity index (χ4v) is 1.41. The van der Waals surface area contributed by atoms with Crippen molar-refractivity contribution < 1.29 is 4.79 Å². The van der Waals surface area contributed by atoms with Crippen LogP contribution in [0.1, 0.15) is 6.42 Å². The molecule has 1 heteroatoms. The van der Waals surface area contributed by atoms with Gasteiger partial charge in [0.1, 0.15) is 6.29 Å². The lowest BCUT2D eigenvalue weighted by Crippen LogP contribution is -1.90. The van der Waals surface area contributed by atoms with E-state index in [2.05, 4.69) is 6.08 Å². The molecule has 0 spiro atoms. The van der Waals surface area contributed by atoms with Crippen molar-refractivity contribution in [3.05, 3.63) is 47.1 Å². The summed E-state index contributed by atoms with van der Waals surface area (Å²) in [5.41, 5.74) is 3.19. The van der Waals surface area contributed by atoms with Crippen LogP contribution in [0, 0.1) is 0 Å². The van der Waals surface area contributed by atoms with Crippen molar-refractivity contribution in [2.75, 3.05) is 0 Å². The van der Waals surface area contributed by atoms with Crippen LogP contribution < -0.4 is 0 Å². The van der Waals surface area contributed by atoms with Gasteiger partial charge < -0.3 is 0 Å². The lowest BCUT2D eigenvalue weighted by atomic mass is 9.99. The Morgan fingerprint density at radius 1 is 1.36 bits per heavy atom. The van der Waals surface area contributed by atoms with Gasteiger partial charge in [-0.1, -0.05) is 30.4 Å². The van der Waals surface area contributed by atoms with Crippen molar-refractivity contribution in [2.24, 2.45) is 0 Å². The molecule has 0 unspecified atom stereocenters. The van der Waals surface area contributed by atoms with Crippen LogP contribution in [0.3, 0.4) is 0 Å². The first-order valence-electron chi connectivity index (χ1n) is 3.65. The maximum absolute atomic E-state index is 10.5. The zero-order valence-corrected chi connectivity index (χ0v) is 6.08. The summed E-state index contributed by atoms with van der Waals surface area (Å²) in [4.78, 5) is 10.5. The molecule has 0 amide bonds. The van der Waals surface area contributed by atoms with E-state index >= 15 is 0 Å². The molecule has 0 radical (unpaired) electrons. The van der Waals surface area contributed by atoms with Gasteiger partial charge in [0.05, 0.1) is 0 Å². The molecule has 0 saturated carbocycles. The summed E-state index contributed by atoms with van der Waals surface area (Å²) in [7, 11) is 0. The van der Waals surface area contributed by atoms with Crippen molar-refractivity contribution in [3.8, 4) is 0 Å². The molecule has 0 aliphatic heterocycles. The quantitative estimate of drug-likeness (QED) is 0.514. The van der Waals surface area contributed by atoms with Gasteiger partial charge in [-0.05, 0) is 17.6 Å². The minimum atomic E-state index is 0.834. The summed E-state index contributed by atoms with van der Waals surface area (Å²) in [6.07, 6.45) is 11.8. The van der Waals surface area contributed by atoms with Crippen LogP contribution in [0.25, 0.3) is 0 Å². The highest BCUT2D eigenvalue weighted by Gasteiger charge is 2.13. The minimum absolute atomic E-state index is 0.834. The maximum Gasteiger partial charge on any atom is 0.150 e. The average molecular weight is 144 g/mol. The highest BCUT2D eigenvalue weighted by Crippen LogP contribution is 2.29. The largest absolute Gasteiger partial charge is 0.298 e. The third kappa shape index (κ3) is 0.891. The zero-order chi connectivity index (χ0) is 7.68. The van der Waals surface area contributed by atoms with Crippen molar-refractivity contribution in [3.63, 3.8) is 0 Å². The van der Waals surface area contributed by atoms with Crippen molar-refractivity contribution in [2.45, 2.75) is 6.42 Å². The zero-order valence-electron chi connectivity index (χ0n) is 6.08. The lowest BCUT2D eigenvalue weighted by molar-refractivity contribution is -0.104. The molecule has 0 aromatic heterocycles. The van der Waals surface area contributed by atoms with Crippen molar-refractivity contribution in [1.29, 1.82) is 0 Å². The van der Waals surface area contributed by atoms with Crippen molar-refractivity contribution >= 4 is 6.29 Å². The Bertz CT molecular complexity index is 314. The Kier molecular flexibility index (Phi) is 1.35. The molecule has 11 heavy (non-hydrogen) atoms. The van der Waals surface area contributed by atoms with E-state index in [0.29, 0.717) is 0 Å². The normalized spacial score (nSPS) is 20.2. The van der Waals surface area contributed by atoms with Gasteiger partial charge in [-0.2, -0.15) is 0 Å². The van der Waals surface area contributed by atoms with Gasteiger partial charge in [0.25, 0.3) is 0 Å². The SMILES string of the molecule is O=CC1=C2CC=CC=C2C=C1. The number of hydrogen-bond donors (Lipinski definition) is 0. The summed E-state index contributed by atoms with van der Waals surface area (Å²) in [6.45, 7) is 0. The van der Waals surface area contributed by atoms with E-state index in [1.807, 2.05) is 24.3 Å². The molecular formula is C10H8O. The monoisotopic (exact) mass is 144 g/mol. The lowest BCUT2D eigenvalue weighted by Gasteiger charge is -2.05. The van der Waals surface area contributed by atoms with E-state index in [0.717, 1.165) is 18.3 Å². The van der Waals surface area contributed by atoms with Crippen LogP contribution in [-0.4, -0.2) is 6.29 Å². The van der Waals surface area contributed by atoms with Gasteiger partial charge in [-0.3, -0.25) is 4.79 Å². The molecule has 1 nitrogen and oxygen atoms in total. The molecule has 54 valence electrons. The standard InChI is InChI=1S/C10H8O/c11-7-9-6-5-8-3-1-2-4-10(8)9/h1-3,5-7H,4H2. The summed E-state index contributed by atoms with van der Waals surface area (Å²) in [6, 6.07) is 0. The molecule has 0 aromatic rings. The number of aldehydes is 1. The van der Waals surface area contributed by atoms with Crippen LogP contribution in [0.5, 0.6) is 0 Å². The number of carbonyl (C=O) groups is 1. The second kappa shape index (κ2) is 2.35. The van der Waals surface area contributed by atoms with E-state index in [9.17, 15) is 4.79 Å². The summed E-state index contributed by atoms with van der Waals surface area (Å²) in [5.74, 6) is 0. The number of fused-ring (bicyclic) bond motifs is 1. The minimum Gasteiger partial charge on any atom is -0.298 e. The molecule has 0 bridgehead atoms. The summed E-state index contributed by atoms with van der Waals surface area (Å²) < 4.78 is 0. The highest BCUT2D eigenvalue weighted by atomic mass is 16.1. The van der Waals surface area contributed by atoms with Crippen LogP contribution in [0.2, 0.25) is 0 Å². The Balaban J connectivity index is 2.50. The highest BCUT2D eigenvalue weighted by molar-refractivity contribution is 5.84. The second-order valence-electron chi connectivity index (χ2n) is 2.64. The average Bonchev–Trinajstić information content (AvgIpc) is 2.47. The third-order valence-electron chi connectivity index (χ3n) is 2.00. The Labute approximate surface area is 65.4 Å². The van der Waals surface area contributed by atoms with Crippen LogP contribution in [-0.2, 0) is 4.79 Å². The Morgan fingerprint density at radius 2 is 2.27 bits per heavy atom. The predicted molar refractivity (Wildman–Crippen MR) is 44.1 cm³/mol. The number of rotatable bonds is 1. The molecular weight excluding hydrogens is 136 g/mol. The smallest absolute Gasteiger partial charge is 0.150 e. The Morgan fingerprint density at radius 3 is 3.09 bits per heavy atom. The molecule has 0 atom stereocenters. The first-order chi connectivity index (χ1) is 5.42. The van der Waals surface area contributed by atoms with Gasteiger partial charge in [0.2, 0.25) is 0 Å². The molecule has 0 heterocycles. The fourth-order valence-electron chi connectivity index (χ4n) is 1.41. The van der Waals surface area contributed by atoms with E-state index in [4.69, 9.17) is 0 Å². The van der Waals surface area contributed by atoms with Gasteiger partial charge in [0.15, 0.2) is 0 Å². The van der Waals surface area contributed by atoms with Gasteiger partial charge in [-0.25, -0.2) is 0 Å². The van der Waals surface area contributed by atoms with E-state index in [-0.39, 0.29) is 0 Å². The van der Waals surface area contributed by atoms with E-state index in [1.54, 1.807) is 0 Å². The first-order valence-corrected chi connectivity index (χ1v) is 3.65. The van der Waals surface area contributed by atoms with E-state index < -0.39 is 0 Å². The van der Waals surface area contributed by atoms with Crippen LogP contribution in [0.4, 0.5) is 0 Å². The van der Waals surface area contributed by atoms with Gasteiger partial charge in [0, 0.05) is 5.57 Å². The summed E-state index contributed by atoms with van der Waals surface area (Å²) in [5, 5.41) is 0. The molecule has 0 N–H and O–H groups in total. The molecule has 0 fully saturated rings. The molecule has 2 aliphatic rings. The fraction of sp³-hybridized carbons (Fsp3) is 0.100. The first kappa shape index (κ1) is 6.35. The molecule has 2 aliphatic carbocycles. The van der Waals surface area contributed by atoms with Crippen LogP contribution >= 0.6 is 0 Å². The van der Waals surface area contributed by atoms with Crippen LogP contribution in [0.15, 0.2) is 47.1 Å². The molecule has 0 saturated heterocycles. The second-order valence-corrected chi connectivity index (χ2v) is 2.64. The van der Waals surface area contributed by atoms with Gasteiger partial charge in [-0.15, -0.1) is 0 Å². The van der Waals surface area contributed by atoms with Gasteiger partial charge >= 0.3 is 0 Å². The van der Waals surface area contributed by atoms with E-state index in [1.165, 1.54) is 11.1 Å². The van der Waals surface area contributed by atoms with Crippen molar-refractivity contribution in [1.82, 2.24) is 0 Å².